The normalized spacial score (nSPS) is 17.5. The molecule has 0 saturated carbocycles. The van der Waals surface area contributed by atoms with Crippen molar-refractivity contribution in [2.45, 2.75) is 18.9 Å². The summed E-state index contributed by atoms with van der Waals surface area (Å²) in [6, 6.07) is 14.0. The minimum Gasteiger partial charge on any atom is -0.384 e. The molecule has 3 rings (SSSR count). The lowest BCUT2D eigenvalue weighted by atomic mass is 10.2. The number of carbonyl (C=O) groups excluding carboxylic acids is 1. The van der Waals surface area contributed by atoms with Gasteiger partial charge >= 0.3 is 0 Å². The number of anilines is 2. The van der Waals surface area contributed by atoms with Crippen molar-refractivity contribution in [3.8, 4) is 0 Å². The molecule has 0 radical (unpaired) electrons. The second kappa shape index (κ2) is 6.47. The number of nitrogen functional groups attached to an aromatic ring is 1. The SMILES string of the molecule is Nc1ccc(C(=O)NCC2CCCN2c2ccccc2)cn1. The van der Waals surface area contributed by atoms with Gasteiger partial charge in [-0.2, -0.15) is 0 Å². The molecule has 5 nitrogen and oxygen atoms in total. The highest BCUT2D eigenvalue weighted by atomic mass is 16.1. The Bertz CT molecular complexity index is 627. The average Bonchev–Trinajstić information content (AvgIpc) is 3.02. The molecular formula is C17H20N4O. The van der Waals surface area contributed by atoms with Crippen LogP contribution in [0.5, 0.6) is 0 Å². The van der Waals surface area contributed by atoms with Crippen molar-refractivity contribution in [1.29, 1.82) is 0 Å². The summed E-state index contributed by atoms with van der Waals surface area (Å²) >= 11 is 0. The minimum atomic E-state index is -0.104. The van der Waals surface area contributed by atoms with Crippen LogP contribution < -0.4 is 16.0 Å². The summed E-state index contributed by atoms with van der Waals surface area (Å²) in [4.78, 5) is 18.5. The number of amides is 1. The summed E-state index contributed by atoms with van der Waals surface area (Å²) in [5, 5.41) is 3.00. The molecule has 1 aliphatic rings. The average molecular weight is 296 g/mol. The predicted octanol–water partition coefficient (Wildman–Crippen LogP) is 2.06. The van der Waals surface area contributed by atoms with Crippen LogP contribution in [-0.2, 0) is 0 Å². The fraction of sp³-hybridized carbons (Fsp3) is 0.294. The lowest BCUT2D eigenvalue weighted by molar-refractivity contribution is 0.0951. The minimum absolute atomic E-state index is 0.104. The van der Waals surface area contributed by atoms with Crippen LogP contribution in [0, 0.1) is 0 Å². The molecule has 3 N–H and O–H groups in total. The van der Waals surface area contributed by atoms with Gasteiger partial charge in [-0.1, -0.05) is 18.2 Å². The number of nitrogens with two attached hydrogens (primary N) is 1. The van der Waals surface area contributed by atoms with Gasteiger partial charge in [-0.25, -0.2) is 4.98 Å². The molecule has 114 valence electrons. The third-order valence-electron chi connectivity index (χ3n) is 4.01. The maximum Gasteiger partial charge on any atom is 0.252 e. The van der Waals surface area contributed by atoms with Crippen molar-refractivity contribution < 1.29 is 4.79 Å². The highest BCUT2D eigenvalue weighted by Gasteiger charge is 2.25. The standard InChI is InChI=1S/C17H20N4O/c18-16-9-8-13(11-19-16)17(22)20-12-15-7-4-10-21(15)14-5-2-1-3-6-14/h1-3,5-6,8-9,11,15H,4,7,10,12H2,(H2,18,19)(H,20,22). The summed E-state index contributed by atoms with van der Waals surface area (Å²) in [5.74, 6) is 0.315. The largest absolute Gasteiger partial charge is 0.384 e. The maximum absolute atomic E-state index is 12.1. The van der Waals surface area contributed by atoms with Gasteiger partial charge in [0.05, 0.1) is 5.56 Å². The van der Waals surface area contributed by atoms with Crippen molar-refractivity contribution in [2.75, 3.05) is 23.7 Å². The van der Waals surface area contributed by atoms with Gasteiger partial charge in [0.1, 0.15) is 5.82 Å². The van der Waals surface area contributed by atoms with Crippen molar-refractivity contribution >= 4 is 17.4 Å². The molecule has 2 heterocycles. The first-order valence-corrected chi connectivity index (χ1v) is 7.55. The first kappa shape index (κ1) is 14.4. The van der Waals surface area contributed by atoms with Crippen LogP contribution in [0.25, 0.3) is 0 Å². The molecule has 1 fully saturated rings. The van der Waals surface area contributed by atoms with E-state index in [1.165, 1.54) is 11.9 Å². The smallest absolute Gasteiger partial charge is 0.252 e. The summed E-state index contributed by atoms with van der Waals surface area (Å²) in [7, 11) is 0. The number of hydrogen-bond donors (Lipinski definition) is 2. The van der Waals surface area contributed by atoms with Crippen molar-refractivity contribution in [2.24, 2.45) is 0 Å². The summed E-state index contributed by atoms with van der Waals surface area (Å²) in [6.45, 7) is 1.67. The van der Waals surface area contributed by atoms with Gasteiger partial charge in [0, 0.05) is 31.0 Å². The van der Waals surface area contributed by atoms with Crippen LogP contribution in [0.15, 0.2) is 48.7 Å². The topological polar surface area (TPSA) is 71.2 Å². The van der Waals surface area contributed by atoms with Crippen molar-refractivity contribution in [3.05, 3.63) is 54.2 Å². The van der Waals surface area contributed by atoms with E-state index in [4.69, 9.17) is 5.73 Å². The number of carbonyl (C=O) groups is 1. The zero-order valence-electron chi connectivity index (χ0n) is 12.4. The zero-order chi connectivity index (χ0) is 15.4. The van der Waals surface area contributed by atoms with Crippen LogP contribution in [0.3, 0.4) is 0 Å². The van der Waals surface area contributed by atoms with Crippen LogP contribution in [0.4, 0.5) is 11.5 Å². The Morgan fingerprint density at radius 1 is 1.27 bits per heavy atom. The number of nitrogens with one attached hydrogen (secondary N) is 1. The van der Waals surface area contributed by atoms with Crippen molar-refractivity contribution in [1.82, 2.24) is 10.3 Å². The number of aromatic nitrogens is 1. The molecule has 1 unspecified atom stereocenters. The highest BCUT2D eigenvalue weighted by Crippen LogP contribution is 2.24. The van der Waals surface area contributed by atoms with Gasteiger partial charge < -0.3 is 16.0 Å². The second-order valence-electron chi connectivity index (χ2n) is 5.51. The first-order valence-electron chi connectivity index (χ1n) is 7.55. The lowest BCUT2D eigenvalue weighted by Crippen LogP contribution is -2.40. The molecular weight excluding hydrogens is 276 g/mol. The Labute approximate surface area is 130 Å². The van der Waals surface area contributed by atoms with E-state index in [9.17, 15) is 4.79 Å². The fourth-order valence-electron chi connectivity index (χ4n) is 2.86. The van der Waals surface area contributed by atoms with Crippen LogP contribution in [0.1, 0.15) is 23.2 Å². The third kappa shape index (κ3) is 3.19. The molecule has 2 aromatic rings. The molecule has 1 saturated heterocycles. The van der Waals surface area contributed by atoms with Gasteiger partial charge in [0.25, 0.3) is 5.91 Å². The van der Waals surface area contributed by atoms with E-state index in [1.807, 2.05) is 18.2 Å². The Balaban J connectivity index is 1.61. The summed E-state index contributed by atoms with van der Waals surface area (Å²) in [5.41, 5.74) is 7.29. The first-order chi connectivity index (χ1) is 10.7. The van der Waals surface area contributed by atoms with E-state index in [2.05, 4.69) is 27.3 Å². The molecule has 0 aliphatic carbocycles. The molecule has 1 aromatic carbocycles. The lowest BCUT2D eigenvalue weighted by Gasteiger charge is -2.27. The Kier molecular flexibility index (Phi) is 4.23. The van der Waals surface area contributed by atoms with Gasteiger partial charge in [-0.15, -0.1) is 0 Å². The number of rotatable bonds is 4. The van der Waals surface area contributed by atoms with Gasteiger partial charge in [-0.3, -0.25) is 4.79 Å². The van der Waals surface area contributed by atoms with Crippen LogP contribution in [-0.4, -0.2) is 30.0 Å². The number of benzene rings is 1. The monoisotopic (exact) mass is 296 g/mol. The van der Waals surface area contributed by atoms with Crippen LogP contribution >= 0.6 is 0 Å². The molecule has 0 bridgehead atoms. The zero-order valence-corrected chi connectivity index (χ0v) is 12.4. The number of hydrogen-bond acceptors (Lipinski definition) is 4. The Hall–Kier alpha value is -2.56. The molecule has 0 spiro atoms. The molecule has 1 aromatic heterocycles. The van der Waals surface area contributed by atoms with E-state index in [-0.39, 0.29) is 5.91 Å². The van der Waals surface area contributed by atoms with Gasteiger partial charge in [0.2, 0.25) is 0 Å². The Morgan fingerprint density at radius 3 is 2.82 bits per heavy atom. The summed E-state index contributed by atoms with van der Waals surface area (Å²) < 4.78 is 0. The van der Waals surface area contributed by atoms with Crippen molar-refractivity contribution in [3.63, 3.8) is 0 Å². The maximum atomic E-state index is 12.1. The van der Waals surface area contributed by atoms with Gasteiger partial charge in [0.15, 0.2) is 0 Å². The number of para-hydroxylation sites is 1. The third-order valence-corrected chi connectivity index (χ3v) is 4.01. The van der Waals surface area contributed by atoms with Gasteiger partial charge in [-0.05, 0) is 37.1 Å². The fourth-order valence-corrected chi connectivity index (χ4v) is 2.86. The van der Waals surface area contributed by atoms with Crippen LogP contribution in [0.2, 0.25) is 0 Å². The predicted molar refractivity (Wildman–Crippen MR) is 87.8 cm³/mol. The Morgan fingerprint density at radius 2 is 2.09 bits per heavy atom. The van der Waals surface area contributed by atoms with E-state index in [0.29, 0.717) is 24.0 Å². The van der Waals surface area contributed by atoms with E-state index in [0.717, 1.165) is 19.4 Å². The summed E-state index contributed by atoms with van der Waals surface area (Å²) in [6.07, 6.45) is 3.75. The molecule has 1 atom stereocenters. The molecule has 22 heavy (non-hydrogen) atoms. The van der Waals surface area contributed by atoms with E-state index >= 15 is 0 Å². The highest BCUT2D eigenvalue weighted by molar-refractivity contribution is 5.94. The number of pyridine rings is 1. The van der Waals surface area contributed by atoms with E-state index in [1.54, 1.807) is 12.1 Å². The number of nitrogens with zero attached hydrogens (tertiary/aromatic N) is 2. The molecule has 5 heteroatoms. The molecule has 1 aliphatic heterocycles. The second-order valence-corrected chi connectivity index (χ2v) is 5.51. The van der Waals surface area contributed by atoms with E-state index < -0.39 is 0 Å². The molecule has 1 amide bonds. The quantitative estimate of drug-likeness (QED) is 0.906.